The Kier molecular flexibility index (Phi) is 6.94. The summed E-state index contributed by atoms with van der Waals surface area (Å²) in [4.78, 5) is 11.2. The van der Waals surface area contributed by atoms with Gasteiger partial charge in [-0.1, -0.05) is 11.6 Å². The van der Waals surface area contributed by atoms with Gasteiger partial charge in [-0.25, -0.2) is 0 Å². The van der Waals surface area contributed by atoms with Crippen LogP contribution in [-0.4, -0.2) is 43.0 Å². The van der Waals surface area contributed by atoms with Crippen molar-refractivity contribution in [2.75, 3.05) is 13.2 Å². The highest BCUT2D eigenvalue weighted by Crippen LogP contribution is 2.05. The van der Waals surface area contributed by atoms with Gasteiger partial charge >= 0.3 is 5.97 Å². The van der Waals surface area contributed by atoms with Gasteiger partial charge in [0.15, 0.2) is 0 Å². The molecule has 0 aromatic carbocycles. The highest BCUT2D eigenvalue weighted by Gasteiger charge is 2.36. The number of hydrogen-bond acceptors (Lipinski definition) is 7. The first-order valence-electron chi connectivity index (χ1n) is 6.21. The van der Waals surface area contributed by atoms with Gasteiger partial charge in [0, 0.05) is 6.54 Å². The highest BCUT2D eigenvalue weighted by atomic mass is 35.5. The second-order valence-electron chi connectivity index (χ2n) is 4.32. The number of rotatable bonds is 6. The van der Waals surface area contributed by atoms with Gasteiger partial charge in [0.05, 0.1) is 19.1 Å². The molecule has 8 nitrogen and oxygen atoms in total. The van der Waals surface area contributed by atoms with E-state index in [4.69, 9.17) is 16.3 Å². The molecular formula is C10H20ClN4O4-. The lowest BCUT2D eigenvalue weighted by molar-refractivity contribution is -0.827. The predicted octanol–water partition coefficient (Wildman–Crippen LogP) is -1.79. The Morgan fingerprint density at radius 3 is 2.74 bits per heavy atom. The molecule has 1 aliphatic rings. The van der Waals surface area contributed by atoms with E-state index in [1.165, 1.54) is 0 Å². The highest BCUT2D eigenvalue weighted by molar-refractivity contribution is 6.20. The van der Waals surface area contributed by atoms with E-state index in [0.717, 1.165) is 0 Å². The fourth-order valence-corrected chi connectivity index (χ4v) is 2.36. The predicted molar refractivity (Wildman–Crippen MR) is 69.9 cm³/mol. The Morgan fingerprint density at radius 1 is 1.47 bits per heavy atom. The average molecular weight is 296 g/mol. The molecular weight excluding hydrogens is 276 g/mol. The quantitative estimate of drug-likeness (QED) is 0.198. The molecule has 0 radical (unpaired) electrons. The lowest BCUT2D eigenvalue weighted by Crippen LogP contribution is -3.12. The monoisotopic (exact) mass is 295 g/mol. The third-order valence-corrected chi connectivity index (χ3v) is 3.16. The summed E-state index contributed by atoms with van der Waals surface area (Å²) in [5.41, 5.74) is -0.536. The molecule has 1 heterocycles. The van der Waals surface area contributed by atoms with Crippen LogP contribution in [0.5, 0.6) is 0 Å². The maximum Gasteiger partial charge on any atom is 0.307 e. The van der Waals surface area contributed by atoms with E-state index in [2.05, 4.69) is 16.0 Å². The van der Waals surface area contributed by atoms with E-state index < -0.39 is 23.1 Å². The van der Waals surface area contributed by atoms with E-state index in [1.807, 2.05) is 0 Å². The summed E-state index contributed by atoms with van der Waals surface area (Å²) in [5.74, 6) is -0.329. The fourth-order valence-electron chi connectivity index (χ4n) is 2.02. The molecule has 0 amide bonds. The van der Waals surface area contributed by atoms with Crippen LogP contribution in [0.3, 0.4) is 0 Å². The van der Waals surface area contributed by atoms with Crippen LogP contribution >= 0.6 is 11.6 Å². The Hall–Kier alpha value is -0.480. The molecule has 1 saturated heterocycles. The summed E-state index contributed by atoms with van der Waals surface area (Å²) >= 11 is 5.90. The molecule has 4 atom stereocenters. The Bertz CT molecular complexity index is 295. The molecule has 1 aliphatic heterocycles. The molecule has 0 saturated carbocycles. The van der Waals surface area contributed by atoms with Crippen molar-refractivity contribution >= 4 is 17.6 Å². The van der Waals surface area contributed by atoms with Crippen molar-refractivity contribution in [2.45, 2.75) is 44.1 Å². The normalized spacial score (nSPS) is 31.5. The second kappa shape index (κ2) is 7.95. The first-order valence-corrected chi connectivity index (χ1v) is 6.65. The van der Waals surface area contributed by atoms with E-state index in [9.17, 15) is 15.2 Å². The zero-order chi connectivity index (χ0) is 14.4. The number of hydrogen-bond donors (Lipinski definition) is 4. The number of ether oxygens (including phenoxy) is 1. The smallest absolute Gasteiger partial charge is 0.307 e. The van der Waals surface area contributed by atoms with E-state index in [1.54, 1.807) is 13.8 Å². The van der Waals surface area contributed by atoms with Crippen molar-refractivity contribution in [3.8, 4) is 0 Å². The molecule has 0 spiro atoms. The molecule has 0 aliphatic carbocycles. The van der Waals surface area contributed by atoms with Crippen LogP contribution in [0.15, 0.2) is 0 Å². The van der Waals surface area contributed by atoms with E-state index >= 15 is 0 Å². The number of nitrogens with one attached hydrogen (secondary N) is 4. The van der Waals surface area contributed by atoms with Crippen molar-refractivity contribution in [3.05, 3.63) is 10.4 Å². The average Bonchev–Trinajstić information content (AvgIpc) is 2.27. The van der Waals surface area contributed by atoms with Crippen molar-refractivity contribution < 1.29 is 14.8 Å². The molecule has 19 heavy (non-hydrogen) atoms. The van der Waals surface area contributed by atoms with Crippen LogP contribution in [0.2, 0.25) is 0 Å². The van der Waals surface area contributed by atoms with Crippen LogP contribution in [0.4, 0.5) is 0 Å². The van der Waals surface area contributed by atoms with Crippen molar-refractivity contribution in [1.29, 1.82) is 0 Å². The van der Waals surface area contributed by atoms with E-state index in [0.29, 0.717) is 13.2 Å². The SMILES string of the molecule is CCOC(=O)CCNC1NC(Cl)NC(C)C1[NH+]([O-])[O-]. The zero-order valence-corrected chi connectivity index (χ0v) is 11.7. The molecule has 1 rings (SSSR count). The zero-order valence-electron chi connectivity index (χ0n) is 10.9. The summed E-state index contributed by atoms with van der Waals surface area (Å²) in [6, 6.07) is -1.12. The van der Waals surface area contributed by atoms with Crippen molar-refractivity contribution in [2.24, 2.45) is 0 Å². The van der Waals surface area contributed by atoms with Crippen molar-refractivity contribution in [3.63, 3.8) is 0 Å². The van der Waals surface area contributed by atoms with Gasteiger partial charge in [0.2, 0.25) is 0 Å². The summed E-state index contributed by atoms with van der Waals surface area (Å²) in [5, 5.41) is 29.7. The summed E-state index contributed by atoms with van der Waals surface area (Å²) in [6.45, 7) is 4.08. The van der Waals surface area contributed by atoms with Crippen LogP contribution < -0.4 is 21.2 Å². The van der Waals surface area contributed by atoms with Gasteiger partial charge in [-0.2, -0.15) is 0 Å². The first kappa shape index (κ1) is 16.6. The molecule has 0 aromatic rings. The first-order chi connectivity index (χ1) is 8.95. The maximum atomic E-state index is 11.2. The number of quaternary nitrogens is 1. The molecule has 0 aromatic heterocycles. The number of carbonyl (C=O) groups excluding carboxylic acids is 1. The number of alkyl halides is 1. The number of hydroxylamine groups is 2. The van der Waals surface area contributed by atoms with Gasteiger partial charge in [0.1, 0.15) is 17.8 Å². The standard InChI is InChI=1S/C10H20ClN4O4/c1-3-19-7(16)4-5-12-9-8(15(17)18)6(2)13-10(11)14-9/h6,8-10,12-15H,3-5H2,1-2H3/q-1. The van der Waals surface area contributed by atoms with Crippen molar-refractivity contribution in [1.82, 2.24) is 16.0 Å². The van der Waals surface area contributed by atoms with Gasteiger partial charge in [-0.15, -0.1) is 0 Å². The molecule has 1 fully saturated rings. The van der Waals surface area contributed by atoms with Gasteiger partial charge in [-0.3, -0.25) is 20.7 Å². The largest absolute Gasteiger partial charge is 0.633 e. The van der Waals surface area contributed by atoms with E-state index in [-0.39, 0.29) is 18.4 Å². The second-order valence-corrected chi connectivity index (χ2v) is 4.75. The minimum atomic E-state index is -1.18. The van der Waals surface area contributed by atoms with Gasteiger partial charge < -0.3 is 20.4 Å². The van der Waals surface area contributed by atoms with Crippen LogP contribution in [0.25, 0.3) is 0 Å². The third-order valence-electron chi connectivity index (χ3n) is 2.90. The minimum absolute atomic E-state index is 0.167. The van der Waals surface area contributed by atoms with Gasteiger partial charge in [-0.05, 0) is 13.8 Å². The molecule has 4 N–H and O–H groups in total. The summed E-state index contributed by atoms with van der Waals surface area (Å²) in [7, 11) is 0. The topological polar surface area (TPSA) is 113 Å². The molecule has 9 heteroatoms. The number of esters is 1. The molecule has 4 unspecified atom stereocenters. The van der Waals surface area contributed by atoms with Crippen LogP contribution in [0.1, 0.15) is 20.3 Å². The van der Waals surface area contributed by atoms with Crippen LogP contribution in [0, 0.1) is 10.4 Å². The number of carbonyl (C=O) groups is 1. The Morgan fingerprint density at radius 2 is 2.16 bits per heavy atom. The summed E-state index contributed by atoms with van der Waals surface area (Å²) in [6.07, 6.45) is -0.390. The third kappa shape index (κ3) is 5.19. The lowest BCUT2D eigenvalue weighted by atomic mass is 10.1. The Labute approximate surface area is 117 Å². The van der Waals surface area contributed by atoms with Crippen LogP contribution in [-0.2, 0) is 9.53 Å². The Balaban J connectivity index is 2.45. The lowest BCUT2D eigenvalue weighted by Gasteiger charge is -2.47. The summed E-state index contributed by atoms with van der Waals surface area (Å²) < 4.78 is 4.78. The fraction of sp³-hybridized carbons (Fsp3) is 0.900. The van der Waals surface area contributed by atoms with Gasteiger partial charge in [0.25, 0.3) is 0 Å². The molecule has 0 bridgehead atoms. The number of halogens is 1. The minimum Gasteiger partial charge on any atom is -0.633 e. The molecule has 112 valence electrons. The maximum absolute atomic E-state index is 11.2.